The number of anilines is 3. The first-order valence-electron chi connectivity index (χ1n) is 22.5. The van der Waals surface area contributed by atoms with E-state index >= 15 is 0 Å². The molecule has 8 aromatic carbocycles. The second-order valence-electron chi connectivity index (χ2n) is 17.4. The Bertz CT molecular complexity index is 3300. The fourth-order valence-electron chi connectivity index (χ4n) is 11.3. The van der Waals surface area contributed by atoms with Crippen molar-refractivity contribution in [3.8, 4) is 56.4 Å². The lowest BCUT2D eigenvalue weighted by molar-refractivity contribution is 0.360. The van der Waals surface area contributed by atoms with E-state index < -0.39 is 5.41 Å². The smallest absolute Gasteiger partial charge is 0.194 e. The highest BCUT2D eigenvalue weighted by molar-refractivity contribution is 5.94. The molecule has 3 unspecified atom stereocenters. The fourth-order valence-corrected chi connectivity index (χ4v) is 11.3. The number of nitrogens with zero attached hydrogens (tertiary/aromatic N) is 1. The molecule has 304 valence electrons. The number of hydrogen-bond acceptors (Lipinski definition) is 3. The maximum Gasteiger partial charge on any atom is 0.194 e. The molecular formula is C61H43NO2. The molecule has 0 fully saturated rings. The van der Waals surface area contributed by atoms with E-state index in [9.17, 15) is 0 Å². The minimum atomic E-state index is -0.434. The Labute approximate surface area is 374 Å². The molecule has 13 rings (SSSR count). The summed E-state index contributed by atoms with van der Waals surface area (Å²) in [6, 6.07) is 66.1. The zero-order valence-corrected chi connectivity index (χ0v) is 35.2. The Kier molecular flexibility index (Phi) is 8.39. The van der Waals surface area contributed by atoms with Gasteiger partial charge in [0, 0.05) is 23.1 Å². The van der Waals surface area contributed by atoms with E-state index in [2.05, 4.69) is 223 Å². The van der Waals surface area contributed by atoms with Crippen molar-refractivity contribution in [3.63, 3.8) is 0 Å². The van der Waals surface area contributed by atoms with Crippen LogP contribution in [-0.2, 0) is 5.41 Å². The summed E-state index contributed by atoms with van der Waals surface area (Å²) in [5.74, 6) is 3.40. The van der Waals surface area contributed by atoms with Crippen molar-refractivity contribution in [2.24, 2.45) is 0 Å². The van der Waals surface area contributed by atoms with Gasteiger partial charge in [0.2, 0.25) is 0 Å². The molecule has 0 aromatic heterocycles. The van der Waals surface area contributed by atoms with Gasteiger partial charge in [0.1, 0.15) is 0 Å². The van der Waals surface area contributed by atoms with E-state index in [4.69, 9.17) is 9.47 Å². The van der Waals surface area contributed by atoms with Crippen molar-refractivity contribution < 1.29 is 9.47 Å². The molecule has 8 aromatic rings. The van der Waals surface area contributed by atoms with E-state index in [1.807, 2.05) is 6.07 Å². The molecule has 0 N–H and O–H groups in total. The molecule has 0 bridgehead atoms. The topological polar surface area (TPSA) is 21.7 Å². The third-order valence-corrected chi connectivity index (χ3v) is 14.0. The minimum Gasteiger partial charge on any atom is -0.449 e. The van der Waals surface area contributed by atoms with E-state index in [-0.39, 0.29) is 5.92 Å². The molecule has 0 radical (unpaired) electrons. The van der Waals surface area contributed by atoms with Gasteiger partial charge in [0.05, 0.1) is 16.8 Å². The molecule has 64 heavy (non-hydrogen) atoms. The van der Waals surface area contributed by atoms with Gasteiger partial charge in [-0.25, -0.2) is 0 Å². The van der Waals surface area contributed by atoms with Crippen LogP contribution in [0.3, 0.4) is 0 Å². The van der Waals surface area contributed by atoms with Crippen LogP contribution in [0.5, 0.6) is 23.0 Å². The van der Waals surface area contributed by atoms with Crippen molar-refractivity contribution in [3.05, 3.63) is 258 Å². The highest BCUT2D eigenvalue weighted by Gasteiger charge is 2.55. The van der Waals surface area contributed by atoms with Crippen molar-refractivity contribution >= 4 is 17.1 Å². The summed E-state index contributed by atoms with van der Waals surface area (Å²) in [4.78, 5) is 2.37. The van der Waals surface area contributed by atoms with Gasteiger partial charge in [-0.2, -0.15) is 0 Å². The van der Waals surface area contributed by atoms with Crippen LogP contribution in [0.2, 0.25) is 0 Å². The van der Waals surface area contributed by atoms with Crippen LogP contribution in [0.15, 0.2) is 230 Å². The number of para-hydroxylation sites is 1. The Morgan fingerprint density at radius 2 is 1.23 bits per heavy atom. The molecule has 0 saturated heterocycles. The van der Waals surface area contributed by atoms with E-state index in [0.29, 0.717) is 23.2 Å². The number of allylic oxidation sites excluding steroid dienone is 8. The number of fused-ring (bicyclic) bond motifs is 12. The van der Waals surface area contributed by atoms with Gasteiger partial charge in [0.15, 0.2) is 23.0 Å². The molecule has 3 heteroatoms. The molecule has 5 aliphatic rings. The standard InChI is InChI=1S/C61H43NO2/c1-4-18-40(19-5-1)43-24-16-25-45(36-43)62(55-35-34-44(41-20-6-2-7-21-41)37-49(55)42-22-8-3-9-23-42)56-32-17-33-57-60(56)64-59-39-54-50(38-58(59)63-57)48-28-12-15-31-53(48)61(54)51-29-13-10-26-46(51)47-27-11-14-30-52(47)61/h1-18,20-26,28-40,47H,19,27H2. The summed E-state index contributed by atoms with van der Waals surface area (Å²) in [5.41, 5.74) is 17.6. The second-order valence-corrected chi connectivity index (χ2v) is 17.4. The first-order chi connectivity index (χ1) is 31.7. The normalized spacial score (nSPS) is 19.0. The van der Waals surface area contributed by atoms with Crippen LogP contribution in [0.25, 0.3) is 33.4 Å². The number of benzene rings is 8. The molecule has 3 nitrogen and oxygen atoms in total. The Balaban J connectivity index is 1.01. The van der Waals surface area contributed by atoms with Gasteiger partial charge < -0.3 is 14.4 Å². The van der Waals surface area contributed by atoms with Gasteiger partial charge in [-0.3, -0.25) is 0 Å². The fraction of sp³-hybridized carbons (Fsp3) is 0.0820. The molecule has 3 atom stereocenters. The van der Waals surface area contributed by atoms with Crippen molar-refractivity contribution in [1.82, 2.24) is 0 Å². The Morgan fingerprint density at radius 1 is 0.469 bits per heavy atom. The van der Waals surface area contributed by atoms with Crippen LogP contribution in [0, 0.1) is 0 Å². The lowest BCUT2D eigenvalue weighted by Crippen LogP contribution is -2.27. The summed E-state index contributed by atoms with van der Waals surface area (Å²) >= 11 is 0. The SMILES string of the molecule is C1=CCC(c2cccc(N(c3ccc(-c4ccccc4)cc3-c3ccccc3)c3cccc4c3Oc3cc5c(cc3O4)-c3ccccc3C53C4=CC=CCC4c4ccccc43)c2)C=C1. The summed E-state index contributed by atoms with van der Waals surface area (Å²) < 4.78 is 14.4. The molecule has 1 heterocycles. The maximum absolute atomic E-state index is 7.35. The van der Waals surface area contributed by atoms with Crippen LogP contribution in [0.1, 0.15) is 52.5 Å². The first-order valence-corrected chi connectivity index (χ1v) is 22.5. The van der Waals surface area contributed by atoms with Crippen LogP contribution in [0.4, 0.5) is 17.1 Å². The monoisotopic (exact) mass is 821 g/mol. The van der Waals surface area contributed by atoms with E-state index in [1.165, 1.54) is 50.1 Å². The van der Waals surface area contributed by atoms with Gasteiger partial charge in [-0.15, -0.1) is 0 Å². The zero-order chi connectivity index (χ0) is 42.2. The first kappa shape index (κ1) is 36.7. The third-order valence-electron chi connectivity index (χ3n) is 14.0. The lowest BCUT2D eigenvalue weighted by Gasteiger charge is -2.34. The maximum atomic E-state index is 7.35. The summed E-state index contributed by atoms with van der Waals surface area (Å²) in [7, 11) is 0. The quantitative estimate of drug-likeness (QED) is 0.167. The number of ether oxygens (including phenoxy) is 2. The van der Waals surface area contributed by atoms with Gasteiger partial charge >= 0.3 is 0 Å². The average Bonchev–Trinajstić information content (AvgIpc) is 3.83. The zero-order valence-electron chi connectivity index (χ0n) is 35.2. The average molecular weight is 822 g/mol. The number of hydrogen-bond donors (Lipinski definition) is 0. The van der Waals surface area contributed by atoms with Crippen LogP contribution >= 0.6 is 0 Å². The summed E-state index contributed by atoms with van der Waals surface area (Å²) in [6.45, 7) is 0. The summed E-state index contributed by atoms with van der Waals surface area (Å²) in [5, 5.41) is 0. The van der Waals surface area contributed by atoms with Gasteiger partial charge in [-0.1, -0.05) is 176 Å². The minimum absolute atomic E-state index is 0.283. The molecule has 4 aliphatic carbocycles. The van der Waals surface area contributed by atoms with E-state index in [0.717, 1.165) is 52.3 Å². The Hall–Kier alpha value is -7.88. The number of rotatable bonds is 6. The predicted molar refractivity (Wildman–Crippen MR) is 261 cm³/mol. The molecule has 0 saturated carbocycles. The highest BCUT2D eigenvalue weighted by Crippen LogP contribution is 2.67. The summed E-state index contributed by atoms with van der Waals surface area (Å²) in [6.07, 6.45) is 17.8. The van der Waals surface area contributed by atoms with Gasteiger partial charge in [-0.05, 0) is 123 Å². The highest BCUT2D eigenvalue weighted by atomic mass is 16.6. The molecule has 1 spiro atoms. The lowest BCUT2D eigenvalue weighted by atomic mass is 9.69. The van der Waals surface area contributed by atoms with Crippen molar-refractivity contribution in [1.29, 1.82) is 0 Å². The van der Waals surface area contributed by atoms with Crippen LogP contribution in [-0.4, -0.2) is 0 Å². The van der Waals surface area contributed by atoms with Crippen molar-refractivity contribution in [2.45, 2.75) is 30.1 Å². The molecule has 0 amide bonds. The van der Waals surface area contributed by atoms with Crippen LogP contribution < -0.4 is 14.4 Å². The molecular weight excluding hydrogens is 779 g/mol. The molecule has 1 aliphatic heterocycles. The predicted octanol–water partition coefficient (Wildman–Crippen LogP) is 16.3. The second kappa shape index (κ2) is 14.6. The van der Waals surface area contributed by atoms with E-state index in [1.54, 1.807) is 0 Å². The third kappa shape index (κ3) is 5.53. The van der Waals surface area contributed by atoms with Crippen molar-refractivity contribution in [2.75, 3.05) is 4.90 Å². The Morgan fingerprint density at radius 3 is 2.09 bits per heavy atom. The largest absolute Gasteiger partial charge is 0.449 e. The van der Waals surface area contributed by atoms with Gasteiger partial charge in [0.25, 0.3) is 0 Å².